The average Bonchev–Trinajstić information content (AvgIpc) is 1.61. The fraction of sp³-hybridized carbons (Fsp3) is 0.151. The number of anilines is 3. The van der Waals surface area contributed by atoms with Gasteiger partial charge in [0.25, 0.3) is 40.4 Å². The van der Waals surface area contributed by atoms with Crippen LogP contribution in [0.2, 0.25) is 0 Å². The molecule has 0 saturated carbocycles. The molecule has 6 heterocycles. The summed E-state index contributed by atoms with van der Waals surface area (Å²) < 4.78 is 17.5. The molecule has 0 spiro atoms. The van der Waals surface area contributed by atoms with Gasteiger partial charge < -0.3 is 34.6 Å². The number of rotatable bonds is 21. The molecule has 0 radical (unpaired) electrons. The number of aliphatic carboxylic acids is 1. The Bertz CT molecular complexity index is 5580. The first kappa shape index (κ1) is 85.1. The smallest absolute Gasteiger partial charge is 0.301 e. The molecule has 3 atom stereocenters. The van der Waals surface area contributed by atoms with Crippen LogP contribution in [0.5, 0.6) is 17.2 Å². The molecule has 121 heavy (non-hydrogen) atoms. The number of carbonyl (C=O) groups is 7. The number of benzene rings is 9. The van der Waals surface area contributed by atoms with Gasteiger partial charge >= 0.3 is 17.7 Å². The number of aromatic nitrogens is 6. The second-order valence-electron chi connectivity index (χ2n) is 27.3. The summed E-state index contributed by atoms with van der Waals surface area (Å²) in [6.07, 6.45) is 0. The van der Waals surface area contributed by atoms with Crippen molar-refractivity contribution in [2.75, 3.05) is 14.7 Å². The number of ketones is 3. The van der Waals surface area contributed by atoms with Gasteiger partial charge in [-0.1, -0.05) is 160 Å². The monoisotopic (exact) mass is 1690 g/mol. The van der Waals surface area contributed by atoms with Crippen molar-refractivity contribution in [1.82, 2.24) is 30.6 Å². The van der Waals surface area contributed by atoms with Crippen molar-refractivity contribution in [1.29, 1.82) is 0 Å². The fourth-order valence-electron chi connectivity index (χ4n) is 13.1. The van der Waals surface area contributed by atoms with Crippen LogP contribution in [-0.4, -0.2) is 107 Å². The molecule has 3 aliphatic heterocycles. The maximum atomic E-state index is 13.3. The van der Waals surface area contributed by atoms with Crippen molar-refractivity contribution in [2.45, 2.75) is 86.4 Å². The van der Waals surface area contributed by atoms with E-state index in [4.69, 9.17) is 24.1 Å². The number of carbonyl (C=O) groups excluding carboxylic acids is 6. The molecule has 0 bridgehead atoms. The van der Waals surface area contributed by atoms with E-state index in [9.17, 15) is 74.4 Å². The lowest BCUT2D eigenvalue weighted by atomic mass is 9.95. The van der Waals surface area contributed by atoms with Gasteiger partial charge in [-0.05, 0) is 148 Å². The highest BCUT2D eigenvalue weighted by Gasteiger charge is 2.52. The minimum atomic E-state index is -1.14. The molecule has 32 nitrogen and oxygen atoms in total. The van der Waals surface area contributed by atoms with Crippen molar-refractivity contribution >= 4 is 125 Å². The van der Waals surface area contributed by atoms with Gasteiger partial charge in [-0.25, -0.2) is 0 Å². The van der Waals surface area contributed by atoms with Gasteiger partial charge in [0.05, 0.1) is 49.6 Å². The van der Waals surface area contributed by atoms with E-state index >= 15 is 0 Å². The first-order valence-corrected chi connectivity index (χ1v) is 39.0. The Labute approximate surface area is 700 Å². The fourth-order valence-corrected chi connectivity index (χ4v) is 15.3. The summed E-state index contributed by atoms with van der Waals surface area (Å²) in [6, 6.07) is 56.5. The van der Waals surface area contributed by atoms with Crippen LogP contribution in [0.25, 0.3) is 17.3 Å². The van der Waals surface area contributed by atoms with E-state index in [0.29, 0.717) is 52.1 Å². The molecule has 0 aliphatic carbocycles. The number of aliphatic hydroxyl groups excluding tert-OH is 3. The number of nitrogens with zero attached hydrogens (tertiary/aromatic N) is 12. The maximum absolute atomic E-state index is 13.3. The summed E-state index contributed by atoms with van der Waals surface area (Å²) in [5.74, 6) is -5.98. The topological polar surface area (TPSA) is 445 Å². The van der Waals surface area contributed by atoms with Crippen LogP contribution >= 0.6 is 34.0 Å². The number of carboxylic acids is 1. The second-order valence-corrected chi connectivity index (χ2v) is 30.8. The first-order valence-electron chi connectivity index (χ1n) is 36.5. The number of nitro benzene ring substituents is 3. The maximum Gasteiger partial charge on any atom is 0.301 e. The van der Waals surface area contributed by atoms with Gasteiger partial charge in [0.2, 0.25) is 15.4 Å². The number of ether oxygens (including phenoxy) is 3. The van der Waals surface area contributed by atoms with Crippen LogP contribution in [0.15, 0.2) is 235 Å². The Morgan fingerprint density at radius 1 is 0.364 bits per heavy atom. The van der Waals surface area contributed by atoms with Gasteiger partial charge in [0.1, 0.15) is 69.4 Å². The molecule has 9 aromatic carbocycles. The van der Waals surface area contributed by atoms with E-state index in [2.05, 4.69) is 30.6 Å². The normalized spacial score (nSPS) is 16.1. The summed E-state index contributed by atoms with van der Waals surface area (Å²) >= 11 is 3.28. The van der Waals surface area contributed by atoms with E-state index in [1.807, 2.05) is 93.6 Å². The lowest BCUT2D eigenvalue weighted by Gasteiger charge is -2.22. The molecule has 3 aliphatic rings. The molecule has 12 aromatic rings. The Kier molecular flexibility index (Phi) is 26.3. The highest BCUT2D eigenvalue weighted by molar-refractivity contribution is 7.16. The largest absolute Gasteiger partial charge is 0.507 e. The highest BCUT2D eigenvalue weighted by atomic mass is 32.1. The van der Waals surface area contributed by atoms with Crippen molar-refractivity contribution in [2.24, 2.45) is 0 Å². The Morgan fingerprint density at radius 3 is 0.818 bits per heavy atom. The molecule has 35 heteroatoms. The van der Waals surface area contributed by atoms with Crippen molar-refractivity contribution in [3.8, 4) is 17.2 Å². The van der Waals surface area contributed by atoms with Gasteiger partial charge in [-0.15, -0.1) is 30.6 Å². The lowest BCUT2D eigenvalue weighted by Crippen LogP contribution is -2.29. The number of hydrogen-bond donors (Lipinski definition) is 4. The lowest BCUT2D eigenvalue weighted by molar-refractivity contribution is -0.385. The zero-order chi connectivity index (χ0) is 86.6. The predicted molar refractivity (Wildman–Crippen MR) is 447 cm³/mol. The second kappa shape index (κ2) is 37.4. The average molecular weight is 1690 g/mol. The highest BCUT2D eigenvalue weighted by Crippen LogP contribution is 2.48. The molecule has 3 aromatic heterocycles. The van der Waals surface area contributed by atoms with Crippen LogP contribution in [0.3, 0.4) is 0 Å². The SMILES string of the molecule is CC(=O)O.Cc1cccc(COc2ccc(C(O)=C3C(=O)C(=O)N(c4nnc(C)s4)C3c3cccc([N+](=O)[O-])c3)cc2)c1.Cc1cccc(COc2ccc(C(O)=C3C(=O)C(=O)N(c4nnc(C)s4)C3c3cccc([N+](=O)[O-])c3)cc2)c1.Cc1cccc(COc2ccc(C(O)=C3C(=O)C(=O)N(c4nnc(C)s4)C3c3cccc([N+](=O)[O-])c3)cc2)c1. The van der Waals surface area contributed by atoms with Gasteiger partial charge in [-0.2, -0.15) is 0 Å². The number of carboxylic acid groups (broad SMARTS) is 1. The minimum Gasteiger partial charge on any atom is -0.507 e. The van der Waals surface area contributed by atoms with Crippen LogP contribution in [0, 0.1) is 71.9 Å². The molecule has 15 rings (SSSR count). The molecule has 4 N–H and O–H groups in total. The first-order chi connectivity index (χ1) is 57.9. The standard InChI is InChI=1S/3C28H22N4O6S.C2H4O2/c3*1-16-5-3-6-18(13-16)15-38-22-11-9-19(10-12-22)25(33)23-24(20-7-4-8-21(14-20)32(36)37)31(27(35)26(23)34)28-30-29-17(2)39-28;1-2(3)4/h3*3-14,24,33H,15H2,1-2H3;1H3,(H,3,4). The predicted octanol–water partition coefficient (Wildman–Crippen LogP) is 15.9. The Hall–Kier alpha value is -15.2. The summed E-state index contributed by atoms with van der Waals surface area (Å²) in [5.41, 5.74) is 6.75. The molecule has 3 unspecified atom stereocenters. The van der Waals surface area contributed by atoms with E-state index in [-0.39, 0.29) is 82.6 Å². The minimum absolute atomic E-state index is 0.144. The molecule has 3 amide bonds. The number of non-ortho nitro benzene ring substituents is 3. The van der Waals surface area contributed by atoms with Crippen LogP contribution in [0.1, 0.15) is 107 Å². The Morgan fingerprint density at radius 2 is 0.603 bits per heavy atom. The van der Waals surface area contributed by atoms with Crippen molar-refractivity contribution in [3.63, 3.8) is 0 Å². The van der Waals surface area contributed by atoms with Gasteiger partial charge in [0, 0.05) is 60.0 Å². The molecule has 3 fully saturated rings. The van der Waals surface area contributed by atoms with E-state index < -0.39 is 91.2 Å². The summed E-state index contributed by atoms with van der Waals surface area (Å²) in [7, 11) is 0. The number of Topliss-reactive ketones (excluding diaryl/α,β-unsaturated/α-hetero) is 3. The molecular formula is C86H70N12O20S3. The number of amides is 3. The third-order valence-corrected chi connectivity index (χ3v) is 21.0. The number of aliphatic hydroxyl groups is 3. The molecule has 612 valence electrons. The van der Waals surface area contributed by atoms with Crippen LogP contribution < -0.4 is 28.9 Å². The van der Waals surface area contributed by atoms with Gasteiger partial charge in [-0.3, -0.25) is 78.6 Å². The van der Waals surface area contributed by atoms with Crippen LogP contribution in [-0.2, 0) is 53.4 Å². The summed E-state index contributed by atoms with van der Waals surface area (Å²) in [6.45, 7) is 13.2. The van der Waals surface area contributed by atoms with E-state index in [1.165, 1.54) is 54.6 Å². The third-order valence-electron chi connectivity index (χ3n) is 18.5. The zero-order valence-corrected chi connectivity index (χ0v) is 67.5. The zero-order valence-electron chi connectivity index (χ0n) is 65.1. The van der Waals surface area contributed by atoms with E-state index in [0.717, 1.165) is 89.0 Å². The number of aryl methyl sites for hydroxylation is 6. The number of hydrogen-bond acceptors (Lipinski definition) is 28. The molecule has 3 saturated heterocycles. The summed E-state index contributed by atoms with van der Waals surface area (Å²) in [5, 5.41) is 102. The quantitative estimate of drug-likeness (QED) is 0.0171. The number of nitro groups is 3. The van der Waals surface area contributed by atoms with Gasteiger partial charge in [0.15, 0.2) is 0 Å². The van der Waals surface area contributed by atoms with Crippen LogP contribution in [0.4, 0.5) is 32.5 Å². The third kappa shape index (κ3) is 19.7. The summed E-state index contributed by atoms with van der Waals surface area (Å²) in [4.78, 5) is 124. The van der Waals surface area contributed by atoms with Crippen molar-refractivity contribution in [3.05, 3.63) is 347 Å². The van der Waals surface area contributed by atoms with Crippen molar-refractivity contribution < 1.29 is 83.0 Å². The molecular weight excluding hydrogens is 1620 g/mol. The Balaban J connectivity index is 0.000000162. The van der Waals surface area contributed by atoms with E-state index in [1.54, 1.807) is 112 Å².